The van der Waals surface area contributed by atoms with Crippen LogP contribution in [-0.2, 0) is 11.3 Å². The van der Waals surface area contributed by atoms with Crippen LogP contribution in [0.1, 0.15) is 11.1 Å². The average Bonchev–Trinajstić information content (AvgIpc) is 3.03. The quantitative estimate of drug-likeness (QED) is 0.493. The second-order valence-corrected chi connectivity index (χ2v) is 7.32. The lowest BCUT2D eigenvalue weighted by Crippen LogP contribution is -2.19. The van der Waals surface area contributed by atoms with Gasteiger partial charge in [0.15, 0.2) is 0 Å². The van der Waals surface area contributed by atoms with Gasteiger partial charge in [0.25, 0.3) is 0 Å². The van der Waals surface area contributed by atoms with Crippen molar-refractivity contribution in [1.29, 1.82) is 0 Å². The summed E-state index contributed by atoms with van der Waals surface area (Å²) in [6.45, 7) is 4.20. The molecule has 0 aliphatic heterocycles. The van der Waals surface area contributed by atoms with Crippen molar-refractivity contribution in [2.24, 2.45) is 0 Å². The minimum Gasteiger partial charge on any atom is -0.324 e. The lowest BCUT2D eigenvalue weighted by atomic mass is 10.1. The van der Waals surface area contributed by atoms with Gasteiger partial charge in [-0.05, 0) is 55.3 Å². The van der Waals surface area contributed by atoms with E-state index < -0.39 is 0 Å². The van der Waals surface area contributed by atoms with Crippen molar-refractivity contribution in [3.05, 3.63) is 82.9 Å². The van der Waals surface area contributed by atoms with Crippen LogP contribution in [0, 0.1) is 13.8 Å². The first-order valence-corrected chi connectivity index (χ1v) is 9.47. The van der Waals surface area contributed by atoms with Gasteiger partial charge in [0.1, 0.15) is 12.2 Å². The summed E-state index contributed by atoms with van der Waals surface area (Å²) in [5.74, 6) is -0.123. The Bertz CT molecular complexity index is 1170. The van der Waals surface area contributed by atoms with E-state index in [0.717, 1.165) is 33.4 Å². The Morgan fingerprint density at radius 2 is 1.79 bits per heavy atom. The van der Waals surface area contributed by atoms with Crippen LogP contribution in [0.5, 0.6) is 0 Å². The smallest absolute Gasteiger partial charge is 0.246 e. The summed E-state index contributed by atoms with van der Waals surface area (Å²) in [5.41, 5.74) is 5.80. The van der Waals surface area contributed by atoms with E-state index in [9.17, 15) is 4.79 Å². The van der Waals surface area contributed by atoms with Crippen molar-refractivity contribution in [3.63, 3.8) is 0 Å². The molecule has 0 fully saturated rings. The summed E-state index contributed by atoms with van der Waals surface area (Å²) in [5, 5.41) is 9.24. The molecule has 3 aromatic carbocycles. The maximum Gasteiger partial charge on any atom is 0.246 e. The van der Waals surface area contributed by atoms with E-state index in [4.69, 9.17) is 16.7 Å². The Balaban J connectivity index is 1.67. The predicted molar refractivity (Wildman–Crippen MR) is 115 cm³/mol. The highest BCUT2D eigenvalue weighted by Gasteiger charge is 2.15. The SMILES string of the molecule is Cc1ccc(NC(=O)Cn2nc(-c3ccccc3)c3cc(Cl)ccc32)cc1C. The predicted octanol–water partition coefficient (Wildman–Crippen LogP) is 5.61. The van der Waals surface area contributed by atoms with Gasteiger partial charge < -0.3 is 5.32 Å². The average molecular weight is 390 g/mol. The van der Waals surface area contributed by atoms with Crippen molar-refractivity contribution in [2.45, 2.75) is 20.4 Å². The number of carbonyl (C=O) groups excluding carboxylic acids is 1. The topological polar surface area (TPSA) is 46.9 Å². The van der Waals surface area contributed by atoms with Gasteiger partial charge in [0.2, 0.25) is 5.91 Å². The fourth-order valence-electron chi connectivity index (χ4n) is 3.24. The van der Waals surface area contributed by atoms with Crippen LogP contribution in [0.2, 0.25) is 5.02 Å². The van der Waals surface area contributed by atoms with Crippen LogP contribution in [0.4, 0.5) is 5.69 Å². The molecule has 0 unspecified atom stereocenters. The van der Waals surface area contributed by atoms with Crippen molar-refractivity contribution in [1.82, 2.24) is 9.78 Å². The number of nitrogens with one attached hydrogen (secondary N) is 1. The third-order valence-electron chi connectivity index (χ3n) is 4.84. The molecule has 0 bridgehead atoms. The van der Waals surface area contributed by atoms with Crippen molar-refractivity contribution >= 4 is 34.1 Å². The van der Waals surface area contributed by atoms with E-state index in [1.165, 1.54) is 5.56 Å². The molecule has 4 nitrogen and oxygen atoms in total. The van der Waals surface area contributed by atoms with Gasteiger partial charge in [-0.25, -0.2) is 0 Å². The van der Waals surface area contributed by atoms with Crippen LogP contribution >= 0.6 is 11.6 Å². The van der Waals surface area contributed by atoms with Gasteiger partial charge in [0, 0.05) is 21.7 Å². The molecule has 0 atom stereocenters. The monoisotopic (exact) mass is 389 g/mol. The van der Waals surface area contributed by atoms with E-state index >= 15 is 0 Å². The number of amides is 1. The lowest BCUT2D eigenvalue weighted by Gasteiger charge is -2.08. The number of nitrogens with zero attached hydrogens (tertiary/aromatic N) is 2. The molecule has 0 saturated carbocycles. The van der Waals surface area contributed by atoms with Crippen molar-refractivity contribution in [2.75, 3.05) is 5.32 Å². The summed E-state index contributed by atoms with van der Waals surface area (Å²) in [7, 11) is 0. The third-order valence-corrected chi connectivity index (χ3v) is 5.08. The van der Waals surface area contributed by atoms with E-state index in [0.29, 0.717) is 5.02 Å². The number of halogens is 1. The maximum atomic E-state index is 12.6. The van der Waals surface area contributed by atoms with E-state index in [1.807, 2.05) is 80.6 Å². The van der Waals surface area contributed by atoms with E-state index in [-0.39, 0.29) is 12.5 Å². The number of rotatable bonds is 4. The summed E-state index contributed by atoms with van der Waals surface area (Å²) in [4.78, 5) is 12.6. The molecule has 0 aliphatic rings. The zero-order valence-electron chi connectivity index (χ0n) is 15.7. The number of aryl methyl sites for hydroxylation is 2. The fraction of sp³-hybridized carbons (Fsp3) is 0.130. The van der Waals surface area contributed by atoms with Crippen molar-refractivity contribution < 1.29 is 4.79 Å². The zero-order valence-corrected chi connectivity index (χ0v) is 16.5. The van der Waals surface area contributed by atoms with Crippen LogP contribution < -0.4 is 5.32 Å². The Morgan fingerprint density at radius 3 is 2.54 bits per heavy atom. The molecule has 5 heteroatoms. The standard InChI is InChI=1S/C23H20ClN3O/c1-15-8-10-19(12-16(15)2)25-22(28)14-27-21-11-9-18(24)13-20(21)23(26-27)17-6-4-3-5-7-17/h3-13H,14H2,1-2H3,(H,25,28). The van der Waals surface area contributed by atoms with Crippen LogP contribution in [0.25, 0.3) is 22.2 Å². The van der Waals surface area contributed by atoms with E-state index in [2.05, 4.69) is 5.32 Å². The Labute approximate surface area is 168 Å². The molecule has 4 aromatic rings. The molecule has 140 valence electrons. The van der Waals surface area contributed by atoms with Crippen LogP contribution in [0.3, 0.4) is 0 Å². The molecule has 1 amide bonds. The summed E-state index contributed by atoms with van der Waals surface area (Å²) in [6, 6.07) is 21.4. The molecule has 28 heavy (non-hydrogen) atoms. The zero-order chi connectivity index (χ0) is 19.7. The molecule has 0 radical (unpaired) electrons. The van der Waals surface area contributed by atoms with Gasteiger partial charge in [-0.3, -0.25) is 9.48 Å². The van der Waals surface area contributed by atoms with Gasteiger partial charge in [-0.15, -0.1) is 0 Å². The van der Waals surface area contributed by atoms with Crippen LogP contribution in [-0.4, -0.2) is 15.7 Å². The summed E-state index contributed by atoms with van der Waals surface area (Å²) in [6.07, 6.45) is 0. The molecule has 0 aliphatic carbocycles. The van der Waals surface area contributed by atoms with Crippen LogP contribution in [0.15, 0.2) is 66.7 Å². The molecular formula is C23H20ClN3O. The second kappa shape index (κ2) is 7.49. The second-order valence-electron chi connectivity index (χ2n) is 6.88. The highest BCUT2D eigenvalue weighted by Crippen LogP contribution is 2.30. The first-order chi connectivity index (χ1) is 13.5. The Kier molecular flexibility index (Phi) is 4.88. The molecule has 4 rings (SSSR count). The third kappa shape index (κ3) is 3.64. The highest BCUT2D eigenvalue weighted by molar-refractivity contribution is 6.31. The Hall–Kier alpha value is -3.11. The number of carbonyl (C=O) groups is 1. The summed E-state index contributed by atoms with van der Waals surface area (Å²) >= 11 is 6.21. The molecular weight excluding hydrogens is 370 g/mol. The first-order valence-electron chi connectivity index (χ1n) is 9.10. The van der Waals surface area contributed by atoms with Gasteiger partial charge >= 0.3 is 0 Å². The number of hydrogen-bond acceptors (Lipinski definition) is 2. The minimum atomic E-state index is -0.123. The molecule has 0 saturated heterocycles. The highest BCUT2D eigenvalue weighted by atomic mass is 35.5. The molecule has 1 aromatic heterocycles. The molecule has 0 spiro atoms. The molecule has 1 N–H and O–H groups in total. The first kappa shape index (κ1) is 18.3. The fourth-order valence-corrected chi connectivity index (χ4v) is 3.41. The number of hydrogen-bond donors (Lipinski definition) is 1. The summed E-state index contributed by atoms with van der Waals surface area (Å²) < 4.78 is 1.73. The van der Waals surface area contributed by atoms with E-state index in [1.54, 1.807) is 4.68 Å². The number of anilines is 1. The Morgan fingerprint density at radius 1 is 1.00 bits per heavy atom. The van der Waals surface area contributed by atoms with Gasteiger partial charge in [0.05, 0.1) is 5.52 Å². The minimum absolute atomic E-state index is 0.123. The number of aromatic nitrogens is 2. The normalized spacial score (nSPS) is 11.0. The maximum absolute atomic E-state index is 12.6. The molecule has 1 heterocycles. The largest absolute Gasteiger partial charge is 0.324 e. The lowest BCUT2D eigenvalue weighted by molar-refractivity contribution is -0.116. The van der Waals surface area contributed by atoms with Crippen molar-refractivity contribution in [3.8, 4) is 11.3 Å². The van der Waals surface area contributed by atoms with Gasteiger partial charge in [-0.1, -0.05) is 48.0 Å². The number of fused-ring (bicyclic) bond motifs is 1. The van der Waals surface area contributed by atoms with Gasteiger partial charge in [-0.2, -0.15) is 5.10 Å². The number of benzene rings is 3.